The second kappa shape index (κ2) is 10.2. The van der Waals surface area contributed by atoms with Crippen LogP contribution < -0.4 is 0 Å². The maximum atomic E-state index is 12.1. The molecule has 0 aromatic rings. The number of aliphatic hydroxyl groups excluding tert-OH is 7. The van der Waals surface area contributed by atoms with Crippen LogP contribution in [-0.2, 0) is 28.5 Å². The highest BCUT2D eigenvalue weighted by Crippen LogP contribution is 2.39. The van der Waals surface area contributed by atoms with E-state index in [0.29, 0.717) is 0 Å². The molecular formula is C17H28O15. The van der Waals surface area contributed by atoms with Crippen molar-refractivity contribution in [3.05, 3.63) is 0 Å². The number of rotatable bonds is 9. The van der Waals surface area contributed by atoms with Crippen LogP contribution in [-0.4, -0.2) is 139 Å². The number of carboxylic acid groups (broad SMARTS) is 2. The molecule has 2 saturated heterocycles. The molecule has 2 aliphatic heterocycles. The Balaban J connectivity index is 2.45. The molecule has 0 aliphatic carbocycles. The van der Waals surface area contributed by atoms with E-state index in [9.17, 15) is 50.4 Å². The SMILES string of the molecule is CO[C@]1(C(=O)O)C[C@@H](O[C@]2(C(=O)O)C[C@@H](O)[C@@H](O)[C@@H]([C@H](O)CO)O2)[C@@H](O)[C@@H]([C@H](O)CO)O1. The van der Waals surface area contributed by atoms with Crippen molar-refractivity contribution in [2.24, 2.45) is 0 Å². The van der Waals surface area contributed by atoms with E-state index < -0.39 is 98.4 Å². The lowest BCUT2D eigenvalue weighted by Crippen LogP contribution is -2.67. The third-order valence-electron chi connectivity index (χ3n) is 5.50. The van der Waals surface area contributed by atoms with Crippen molar-refractivity contribution < 1.29 is 74.5 Å². The molecule has 9 N–H and O–H groups in total. The summed E-state index contributed by atoms with van der Waals surface area (Å²) < 4.78 is 20.7. The molecule has 0 radical (unpaired) electrons. The van der Waals surface area contributed by atoms with Crippen LogP contribution in [0.5, 0.6) is 0 Å². The van der Waals surface area contributed by atoms with Crippen molar-refractivity contribution in [1.29, 1.82) is 0 Å². The molecule has 0 bridgehead atoms. The largest absolute Gasteiger partial charge is 0.477 e. The molecule has 0 saturated carbocycles. The molecule has 2 heterocycles. The molecule has 15 heteroatoms. The Bertz CT molecular complexity index is 674. The number of aliphatic carboxylic acids is 2. The first-order valence-corrected chi connectivity index (χ1v) is 9.55. The van der Waals surface area contributed by atoms with Crippen molar-refractivity contribution in [3.63, 3.8) is 0 Å². The number of carboxylic acids is 2. The Labute approximate surface area is 180 Å². The third-order valence-corrected chi connectivity index (χ3v) is 5.50. The van der Waals surface area contributed by atoms with Gasteiger partial charge in [-0.1, -0.05) is 0 Å². The fourth-order valence-electron chi connectivity index (χ4n) is 3.68. The van der Waals surface area contributed by atoms with Crippen molar-refractivity contribution in [1.82, 2.24) is 0 Å². The van der Waals surface area contributed by atoms with Gasteiger partial charge in [-0.15, -0.1) is 0 Å². The Morgan fingerprint density at radius 2 is 1.38 bits per heavy atom. The number of ether oxygens (including phenoxy) is 4. The van der Waals surface area contributed by atoms with Gasteiger partial charge in [-0.25, -0.2) is 9.59 Å². The highest BCUT2D eigenvalue weighted by Gasteiger charge is 2.60. The summed E-state index contributed by atoms with van der Waals surface area (Å²) >= 11 is 0. The molecule has 2 fully saturated rings. The molecule has 0 amide bonds. The molecule has 10 atom stereocenters. The molecule has 15 nitrogen and oxygen atoms in total. The van der Waals surface area contributed by atoms with Gasteiger partial charge < -0.3 is 64.9 Å². The average Bonchev–Trinajstić information content (AvgIpc) is 2.76. The maximum absolute atomic E-state index is 12.1. The van der Waals surface area contributed by atoms with E-state index in [1.807, 2.05) is 0 Å². The van der Waals surface area contributed by atoms with Crippen LogP contribution in [0.25, 0.3) is 0 Å². The van der Waals surface area contributed by atoms with Gasteiger partial charge in [0, 0.05) is 20.0 Å². The quantitative estimate of drug-likeness (QED) is 0.152. The topological polar surface area (TPSA) is 253 Å². The van der Waals surface area contributed by atoms with Gasteiger partial charge in [0.15, 0.2) is 0 Å². The Morgan fingerprint density at radius 1 is 0.906 bits per heavy atom. The van der Waals surface area contributed by atoms with Gasteiger partial charge in [0.25, 0.3) is 11.6 Å². The molecule has 0 aromatic carbocycles. The molecule has 2 rings (SSSR count). The number of methoxy groups -OCH3 is 1. The van der Waals surface area contributed by atoms with E-state index in [1.165, 1.54) is 0 Å². The van der Waals surface area contributed by atoms with E-state index in [2.05, 4.69) is 0 Å². The first-order valence-electron chi connectivity index (χ1n) is 9.55. The van der Waals surface area contributed by atoms with Gasteiger partial charge in [0.1, 0.15) is 36.6 Å². The minimum Gasteiger partial charge on any atom is -0.477 e. The van der Waals surface area contributed by atoms with Crippen LogP contribution >= 0.6 is 0 Å². The van der Waals surface area contributed by atoms with Crippen molar-refractivity contribution >= 4 is 11.9 Å². The minimum absolute atomic E-state index is 0.821. The van der Waals surface area contributed by atoms with E-state index >= 15 is 0 Å². The summed E-state index contributed by atoms with van der Waals surface area (Å²) in [6.07, 6.45) is -16.4. The zero-order valence-electron chi connectivity index (χ0n) is 16.9. The summed E-state index contributed by atoms with van der Waals surface area (Å²) in [7, 11) is 0.934. The fourth-order valence-corrected chi connectivity index (χ4v) is 3.68. The summed E-state index contributed by atoms with van der Waals surface area (Å²) in [4.78, 5) is 23.8. The lowest BCUT2D eigenvalue weighted by atomic mass is 9.90. The monoisotopic (exact) mass is 472 g/mol. The molecule has 2 aliphatic rings. The molecule has 0 unspecified atom stereocenters. The van der Waals surface area contributed by atoms with Gasteiger partial charge >= 0.3 is 11.9 Å². The molecule has 186 valence electrons. The standard InChI is InChI=1S/C17H28O15/c1-29-16(14(25)26)3-9(11(24)13(31-16)8(22)5-19)30-17(15(27)28)2-6(20)10(23)12(32-17)7(21)4-18/h6-13,18-24H,2-5H2,1H3,(H,25,26)(H,27,28)/t6-,7-,8-,9-,10-,11-,12-,13-,16-,17-/m1/s1. The normalized spacial score (nSPS) is 42.2. The van der Waals surface area contributed by atoms with E-state index in [-0.39, 0.29) is 0 Å². The zero-order valence-corrected chi connectivity index (χ0v) is 16.9. The zero-order chi connectivity index (χ0) is 24.4. The number of hydrogen-bond donors (Lipinski definition) is 9. The summed E-state index contributed by atoms with van der Waals surface area (Å²) in [6.45, 7) is -1.94. The van der Waals surface area contributed by atoms with Crippen LogP contribution in [0.2, 0.25) is 0 Å². The predicted molar refractivity (Wildman–Crippen MR) is 95.8 cm³/mol. The molecular weight excluding hydrogens is 444 g/mol. The fraction of sp³-hybridized carbons (Fsp3) is 0.882. The van der Waals surface area contributed by atoms with Gasteiger partial charge in [-0.05, 0) is 0 Å². The molecule has 32 heavy (non-hydrogen) atoms. The summed E-state index contributed by atoms with van der Waals surface area (Å²) in [5, 5.41) is 88.3. The van der Waals surface area contributed by atoms with Crippen LogP contribution in [0.15, 0.2) is 0 Å². The van der Waals surface area contributed by atoms with E-state index in [1.54, 1.807) is 0 Å². The van der Waals surface area contributed by atoms with Crippen LogP contribution in [0.1, 0.15) is 12.8 Å². The minimum atomic E-state index is -2.82. The third kappa shape index (κ3) is 4.87. The average molecular weight is 472 g/mol. The highest BCUT2D eigenvalue weighted by atomic mass is 16.8. The second-order valence-corrected chi connectivity index (χ2v) is 7.60. The lowest BCUT2D eigenvalue weighted by Gasteiger charge is -2.49. The molecule has 0 aromatic heterocycles. The van der Waals surface area contributed by atoms with Crippen molar-refractivity contribution in [2.75, 3.05) is 20.3 Å². The second-order valence-electron chi connectivity index (χ2n) is 7.60. The smallest absolute Gasteiger partial charge is 0.364 e. The lowest BCUT2D eigenvalue weighted by molar-refractivity contribution is -0.371. The van der Waals surface area contributed by atoms with Crippen LogP contribution in [0.4, 0.5) is 0 Å². The maximum Gasteiger partial charge on any atom is 0.364 e. The van der Waals surface area contributed by atoms with E-state index in [0.717, 1.165) is 7.11 Å². The highest BCUT2D eigenvalue weighted by molar-refractivity contribution is 5.77. The molecule has 0 spiro atoms. The summed E-state index contributed by atoms with van der Waals surface area (Å²) in [5.74, 6) is -8.93. The van der Waals surface area contributed by atoms with Crippen molar-refractivity contribution in [3.8, 4) is 0 Å². The Morgan fingerprint density at radius 3 is 1.81 bits per heavy atom. The van der Waals surface area contributed by atoms with Crippen LogP contribution in [0.3, 0.4) is 0 Å². The van der Waals surface area contributed by atoms with Gasteiger partial charge in [0.2, 0.25) is 0 Å². The van der Waals surface area contributed by atoms with Crippen molar-refractivity contribution in [2.45, 2.75) is 73.2 Å². The first-order chi connectivity index (χ1) is 14.9. The Hall–Kier alpha value is -1.50. The number of hydrogen-bond acceptors (Lipinski definition) is 13. The van der Waals surface area contributed by atoms with Gasteiger partial charge in [-0.2, -0.15) is 0 Å². The summed E-state index contributed by atoms with van der Waals surface area (Å²) in [5.41, 5.74) is 0. The van der Waals surface area contributed by atoms with Gasteiger partial charge in [-0.3, -0.25) is 0 Å². The van der Waals surface area contributed by atoms with E-state index in [4.69, 9.17) is 24.1 Å². The van der Waals surface area contributed by atoms with Crippen LogP contribution in [0, 0.1) is 0 Å². The number of aliphatic hydroxyl groups is 7. The Kier molecular flexibility index (Phi) is 8.52. The predicted octanol–water partition coefficient (Wildman–Crippen LogP) is -5.05. The summed E-state index contributed by atoms with van der Waals surface area (Å²) in [6, 6.07) is 0. The first kappa shape index (κ1) is 26.7. The van der Waals surface area contributed by atoms with Gasteiger partial charge in [0.05, 0.1) is 25.4 Å². The number of carbonyl (C=O) groups is 2.